The maximum Gasteiger partial charge on any atom is 0.420 e. The monoisotopic (exact) mass is 548 g/mol. The molecule has 0 bridgehead atoms. The number of hydrogen-bond acceptors (Lipinski definition) is 8. The van der Waals surface area contributed by atoms with Gasteiger partial charge in [0.15, 0.2) is 0 Å². The van der Waals surface area contributed by atoms with E-state index in [0.29, 0.717) is 49.9 Å². The third kappa shape index (κ3) is 6.29. The van der Waals surface area contributed by atoms with E-state index in [2.05, 4.69) is 31.7 Å². The van der Waals surface area contributed by atoms with Crippen molar-refractivity contribution >= 4 is 16.0 Å². The highest BCUT2D eigenvalue weighted by Crippen LogP contribution is 2.36. The van der Waals surface area contributed by atoms with E-state index in [-0.39, 0.29) is 17.7 Å². The maximum atomic E-state index is 13.8. The van der Waals surface area contributed by atoms with Gasteiger partial charge in [0.1, 0.15) is 29.3 Å². The van der Waals surface area contributed by atoms with Crippen LogP contribution in [0.2, 0.25) is 0 Å². The highest BCUT2D eigenvalue weighted by molar-refractivity contribution is 7.88. The van der Waals surface area contributed by atoms with E-state index in [9.17, 15) is 26.9 Å². The van der Waals surface area contributed by atoms with Crippen molar-refractivity contribution < 1.29 is 21.6 Å². The number of nitrogens with zero attached hydrogens (tertiary/aromatic N) is 6. The number of nitriles is 1. The van der Waals surface area contributed by atoms with Gasteiger partial charge in [-0.3, -0.25) is 0 Å². The molecule has 1 fully saturated rings. The van der Waals surface area contributed by atoms with E-state index in [1.165, 1.54) is 21.4 Å². The number of benzene rings is 1. The number of anilines is 1. The molecule has 1 aliphatic heterocycles. The Morgan fingerprint density at radius 1 is 1.21 bits per heavy atom. The lowest BCUT2D eigenvalue weighted by molar-refractivity contribution is -0.137. The lowest BCUT2D eigenvalue weighted by Gasteiger charge is -2.30. The van der Waals surface area contributed by atoms with E-state index in [1.807, 2.05) is 13.0 Å². The van der Waals surface area contributed by atoms with Crippen molar-refractivity contribution in [3.05, 3.63) is 53.6 Å². The second-order valence-corrected chi connectivity index (χ2v) is 10.9. The summed E-state index contributed by atoms with van der Waals surface area (Å²) in [6.07, 6.45) is 0.792. The molecule has 0 atom stereocenters. The zero-order valence-corrected chi connectivity index (χ0v) is 21.6. The van der Waals surface area contributed by atoms with Gasteiger partial charge in [0, 0.05) is 38.1 Å². The smallest absolute Gasteiger partial charge is 0.351 e. The van der Waals surface area contributed by atoms with Gasteiger partial charge in [-0.15, -0.1) is 0 Å². The third-order valence-corrected chi connectivity index (χ3v) is 7.52. The van der Waals surface area contributed by atoms with Crippen molar-refractivity contribution in [3.63, 3.8) is 0 Å². The number of nitrogens with one attached hydrogen (secondary N) is 2. The molecule has 0 aliphatic carbocycles. The van der Waals surface area contributed by atoms with Gasteiger partial charge >= 0.3 is 6.18 Å². The third-order valence-electron chi connectivity index (χ3n) is 6.21. The molecule has 1 aromatic carbocycles. The summed E-state index contributed by atoms with van der Waals surface area (Å²) >= 11 is 0. The number of aromatic nitrogens is 4. The minimum absolute atomic E-state index is 0.00848. The molecule has 2 aromatic heterocycles. The summed E-state index contributed by atoms with van der Waals surface area (Å²) in [4.78, 5) is 12.2. The van der Waals surface area contributed by atoms with Crippen LogP contribution in [0.5, 0.6) is 0 Å². The molecule has 4 rings (SSSR count). The molecule has 1 aliphatic rings. The van der Waals surface area contributed by atoms with Gasteiger partial charge < -0.3 is 15.2 Å². The Balaban J connectivity index is 1.62. The summed E-state index contributed by atoms with van der Waals surface area (Å²) in [5, 5.41) is 15.8. The van der Waals surface area contributed by atoms with Crippen LogP contribution in [0.3, 0.4) is 0 Å². The zero-order valence-electron chi connectivity index (χ0n) is 20.8. The summed E-state index contributed by atoms with van der Waals surface area (Å²) in [6, 6.07) is 7.21. The molecule has 0 radical (unpaired) electrons. The molecule has 0 amide bonds. The van der Waals surface area contributed by atoms with Crippen LogP contribution in [-0.4, -0.2) is 64.2 Å². The zero-order chi connectivity index (χ0) is 27.5. The lowest BCUT2D eigenvalue weighted by Crippen LogP contribution is -2.42. The summed E-state index contributed by atoms with van der Waals surface area (Å²) in [6.45, 7) is 3.91. The lowest BCUT2D eigenvalue weighted by atomic mass is 10.1. The summed E-state index contributed by atoms with van der Waals surface area (Å²) < 4.78 is 67.8. The van der Waals surface area contributed by atoms with Crippen molar-refractivity contribution in [3.8, 4) is 23.1 Å². The Labute approximate surface area is 218 Å². The Morgan fingerprint density at radius 2 is 1.95 bits per heavy atom. The second kappa shape index (κ2) is 11.1. The normalized spacial score (nSPS) is 15.4. The maximum absolute atomic E-state index is 13.8. The molecule has 0 unspecified atom stereocenters. The van der Waals surface area contributed by atoms with E-state index in [1.54, 1.807) is 12.1 Å². The first-order chi connectivity index (χ1) is 18.0. The minimum atomic E-state index is -4.72. The number of sulfonamides is 1. The first-order valence-corrected chi connectivity index (χ1v) is 13.8. The van der Waals surface area contributed by atoms with Gasteiger partial charge in [-0.25, -0.2) is 27.7 Å². The number of piperidine rings is 1. The van der Waals surface area contributed by atoms with Crippen LogP contribution in [0, 0.1) is 11.3 Å². The Morgan fingerprint density at radius 3 is 2.58 bits per heavy atom. The van der Waals surface area contributed by atoms with Crippen LogP contribution in [0.15, 0.2) is 36.9 Å². The molecule has 3 heterocycles. The first-order valence-electron chi connectivity index (χ1n) is 11.9. The molecular formula is C24H27F3N8O2S. The van der Waals surface area contributed by atoms with Crippen molar-refractivity contribution in [2.75, 3.05) is 31.2 Å². The van der Waals surface area contributed by atoms with Crippen molar-refractivity contribution in [1.29, 1.82) is 5.26 Å². The predicted octanol–water partition coefficient (Wildman–Crippen LogP) is 3.17. The van der Waals surface area contributed by atoms with Crippen molar-refractivity contribution in [2.24, 2.45) is 0 Å². The fraction of sp³-hybridized carbons (Fsp3) is 0.417. The van der Waals surface area contributed by atoms with Crippen LogP contribution in [0.1, 0.15) is 36.5 Å². The fourth-order valence-electron chi connectivity index (χ4n) is 4.22. The van der Waals surface area contributed by atoms with Gasteiger partial charge in [0.25, 0.3) is 0 Å². The van der Waals surface area contributed by atoms with Crippen LogP contribution < -0.4 is 10.6 Å². The van der Waals surface area contributed by atoms with Crippen LogP contribution in [-0.2, 0) is 22.7 Å². The summed E-state index contributed by atoms with van der Waals surface area (Å²) in [5.41, 5.74) is 0.262. The second-order valence-electron chi connectivity index (χ2n) is 8.94. The number of alkyl halides is 3. The molecule has 2 N–H and O–H groups in total. The summed E-state index contributed by atoms with van der Waals surface area (Å²) in [7, 11) is -3.30. The largest absolute Gasteiger partial charge is 0.420 e. The molecular weight excluding hydrogens is 521 g/mol. The topological polar surface area (TPSA) is 129 Å². The standard InChI is InChI=1S/C24H27F3N8O2S/c1-3-29-12-16-4-5-21(17(10-16)11-28)34-14-20(31-15-34)22-19(24(25,26)27)13-30-23(33-22)32-18-6-8-35(9-7-18)38(2,36)37/h4-5,10,13-15,18,29H,3,6-9,12H2,1-2H3,(H,30,32,33). The van der Waals surface area contributed by atoms with Gasteiger partial charge in [-0.2, -0.15) is 18.4 Å². The van der Waals surface area contributed by atoms with Crippen LogP contribution >= 0.6 is 0 Å². The Hall–Kier alpha value is -3.54. The molecule has 3 aromatic rings. The van der Waals surface area contributed by atoms with Crippen molar-refractivity contribution in [1.82, 2.24) is 29.1 Å². The summed E-state index contributed by atoms with van der Waals surface area (Å²) in [5.74, 6) is -0.00848. The average Bonchev–Trinajstić information content (AvgIpc) is 3.36. The Kier molecular flexibility index (Phi) is 8.00. The fourth-order valence-corrected chi connectivity index (χ4v) is 5.10. The van der Waals surface area contributed by atoms with Crippen molar-refractivity contribution in [2.45, 2.75) is 38.5 Å². The highest BCUT2D eigenvalue weighted by Gasteiger charge is 2.36. The van der Waals surface area contributed by atoms with Gasteiger partial charge in [0.2, 0.25) is 16.0 Å². The SMILES string of the molecule is CCNCc1ccc(-n2cnc(-c3nc(NC4CCN(S(C)(=O)=O)CC4)ncc3C(F)(F)F)c2)c(C#N)c1. The van der Waals surface area contributed by atoms with Gasteiger partial charge in [0.05, 0.1) is 17.5 Å². The van der Waals surface area contributed by atoms with E-state index in [4.69, 9.17) is 0 Å². The molecule has 0 saturated carbocycles. The molecule has 0 spiro atoms. The molecule has 1 saturated heterocycles. The molecule has 10 nitrogen and oxygen atoms in total. The number of imidazole rings is 1. The highest BCUT2D eigenvalue weighted by atomic mass is 32.2. The Bertz CT molecular complexity index is 1440. The van der Waals surface area contributed by atoms with E-state index >= 15 is 0 Å². The molecule has 14 heteroatoms. The first kappa shape index (κ1) is 27.5. The number of halogens is 3. The van der Waals surface area contributed by atoms with E-state index in [0.717, 1.165) is 18.4 Å². The number of rotatable bonds is 8. The minimum Gasteiger partial charge on any atom is -0.351 e. The van der Waals surface area contributed by atoms with Crippen LogP contribution in [0.25, 0.3) is 17.1 Å². The van der Waals surface area contributed by atoms with Gasteiger partial charge in [-0.1, -0.05) is 13.0 Å². The predicted molar refractivity (Wildman–Crippen MR) is 135 cm³/mol. The number of hydrogen-bond donors (Lipinski definition) is 2. The van der Waals surface area contributed by atoms with E-state index < -0.39 is 27.5 Å². The molecule has 38 heavy (non-hydrogen) atoms. The molecule has 202 valence electrons. The quantitative estimate of drug-likeness (QED) is 0.439. The van der Waals surface area contributed by atoms with Crippen LogP contribution in [0.4, 0.5) is 19.1 Å². The van der Waals surface area contributed by atoms with Gasteiger partial charge in [-0.05, 0) is 37.1 Å². The average molecular weight is 549 g/mol.